The average Bonchev–Trinajstić information content (AvgIpc) is 2.79. The maximum absolute atomic E-state index is 12.9. The molecule has 28 heavy (non-hydrogen) atoms. The number of hydrogen-bond donors (Lipinski definition) is 0. The van der Waals surface area contributed by atoms with Crippen LogP contribution in [0.15, 0.2) is 36.7 Å². The number of aromatic nitrogens is 2. The first-order valence-electron chi connectivity index (χ1n) is 10.2. The van der Waals surface area contributed by atoms with Crippen molar-refractivity contribution in [1.29, 1.82) is 0 Å². The zero-order valence-electron chi connectivity index (χ0n) is 16.5. The van der Waals surface area contributed by atoms with E-state index in [1.807, 2.05) is 30.3 Å². The number of likely N-dealkylation sites (tertiary alicyclic amines) is 1. The normalized spacial score (nSPS) is 20.1. The van der Waals surface area contributed by atoms with Gasteiger partial charge in [0.25, 0.3) is 0 Å². The molecule has 148 valence electrons. The highest BCUT2D eigenvalue weighted by atomic mass is 16.5. The number of benzene rings is 1. The Kier molecular flexibility index (Phi) is 5.74. The lowest BCUT2D eigenvalue weighted by molar-refractivity contribution is -0.136. The Labute approximate surface area is 166 Å². The van der Waals surface area contributed by atoms with Crippen molar-refractivity contribution in [2.45, 2.75) is 32.1 Å². The molecule has 2 aromatic rings. The maximum Gasteiger partial charge on any atom is 0.227 e. The molecule has 2 saturated heterocycles. The van der Waals surface area contributed by atoms with Gasteiger partial charge in [-0.05, 0) is 56.4 Å². The molecular weight excluding hydrogens is 352 g/mol. The van der Waals surface area contributed by atoms with E-state index in [4.69, 9.17) is 4.74 Å². The molecule has 4 rings (SSSR count). The molecule has 1 amide bonds. The number of rotatable bonds is 4. The van der Waals surface area contributed by atoms with Gasteiger partial charge in [-0.1, -0.05) is 0 Å². The number of nitrogens with zero attached hydrogens (tertiary/aromatic N) is 4. The minimum atomic E-state index is 0.0752. The summed E-state index contributed by atoms with van der Waals surface area (Å²) in [4.78, 5) is 26.2. The quantitative estimate of drug-likeness (QED) is 0.814. The average molecular weight is 380 g/mol. The van der Waals surface area contributed by atoms with Crippen LogP contribution in [0.2, 0.25) is 0 Å². The summed E-state index contributed by atoms with van der Waals surface area (Å²) in [5, 5.41) is 0. The molecule has 2 fully saturated rings. The van der Waals surface area contributed by atoms with Gasteiger partial charge in [0, 0.05) is 37.8 Å². The van der Waals surface area contributed by atoms with Gasteiger partial charge in [-0.15, -0.1) is 0 Å². The molecule has 6 heteroatoms. The molecule has 2 aliphatic heterocycles. The first-order valence-corrected chi connectivity index (χ1v) is 10.2. The van der Waals surface area contributed by atoms with Gasteiger partial charge in [0.15, 0.2) is 0 Å². The first-order chi connectivity index (χ1) is 13.7. The lowest BCUT2D eigenvalue weighted by Gasteiger charge is -2.36. The summed E-state index contributed by atoms with van der Waals surface area (Å²) in [5.74, 6) is 2.13. The van der Waals surface area contributed by atoms with Gasteiger partial charge in [-0.2, -0.15) is 0 Å². The van der Waals surface area contributed by atoms with Gasteiger partial charge in [0.05, 0.1) is 18.7 Å². The Hall–Kier alpha value is -2.63. The van der Waals surface area contributed by atoms with Crippen LogP contribution in [0.25, 0.3) is 11.3 Å². The Bertz CT molecular complexity index is 802. The molecule has 0 N–H and O–H groups in total. The van der Waals surface area contributed by atoms with Crippen molar-refractivity contribution < 1.29 is 9.53 Å². The second-order valence-electron chi connectivity index (χ2n) is 7.66. The van der Waals surface area contributed by atoms with Gasteiger partial charge < -0.3 is 14.5 Å². The highest BCUT2D eigenvalue weighted by molar-refractivity contribution is 5.80. The van der Waals surface area contributed by atoms with E-state index in [1.165, 1.54) is 6.42 Å². The maximum atomic E-state index is 12.9. The predicted molar refractivity (Wildman–Crippen MR) is 109 cm³/mol. The summed E-state index contributed by atoms with van der Waals surface area (Å²) < 4.78 is 5.23. The second-order valence-corrected chi connectivity index (χ2v) is 7.66. The third kappa shape index (κ3) is 4.11. The summed E-state index contributed by atoms with van der Waals surface area (Å²) in [6, 6.07) is 9.90. The summed E-state index contributed by atoms with van der Waals surface area (Å²) in [5.41, 5.74) is 1.92. The summed E-state index contributed by atoms with van der Waals surface area (Å²) in [7, 11) is 1.66. The van der Waals surface area contributed by atoms with E-state index in [0.717, 1.165) is 74.7 Å². The van der Waals surface area contributed by atoms with Crippen molar-refractivity contribution in [3.05, 3.63) is 36.7 Å². The highest BCUT2D eigenvalue weighted by Crippen LogP contribution is 2.27. The predicted octanol–water partition coefficient (Wildman–Crippen LogP) is 3.38. The fourth-order valence-electron chi connectivity index (χ4n) is 4.20. The topological polar surface area (TPSA) is 58.6 Å². The molecule has 1 atom stereocenters. The van der Waals surface area contributed by atoms with E-state index in [1.54, 1.807) is 13.4 Å². The fourth-order valence-corrected chi connectivity index (χ4v) is 4.20. The number of piperidine rings is 2. The zero-order chi connectivity index (χ0) is 19.3. The van der Waals surface area contributed by atoms with E-state index < -0.39 is 0 Å². The van der Waals surface area contributed by atoms with Crippen molar-refractivity contribution in [2.75, 3.05) is 38.2 Å². The third-order valence-corrected chi connectivity index (χ3v) is 5.80. The van der Waals surface area contributed by atoms with Gasteiger partial charge in [-0.25, -0.2) is 9.97 Å². The number of carbonyl (C=O) groups excluding carboxylic acids is 1. The fraction of sp³-hybridized carbons (Fsp3) is 0.500. The Morgan fingerprint density at radius 1 is 1.04 bits per heavy atom. The van der Waals surface area contributed by atoms with Crippen LogP contribution in [0, 0.1) is 5.92 Å². The number of ether oxygens (including phenoxy) is 1. The van der Waals surface area contributed by atoms with Gasteiger partial charge in [-0.3, -0.25) is 4.79 Å². The van der Waals surface area contributed by atoms with Crippen LogP contribution in [-0.4, -0.2) is 54.1 Å². The minimum Gasteiger partial charge on any atom is -0.497 e. The molecule has 0 aliphatic carbocycles. The Morgan fingerprint density at radius 3 is 2.57 bits per heavy atom. The van der Waals surface area contributed by atoms with E-state index >= 15 is 0 Å². The van der Waals surface area contributed by atoms with E-state index in [9.17, 15) is 4.79 Å². The Balaban J connectivity index is 1.48. The van der Waals surface area contributed by atoms with Crippen LogP contribution < -0.4 is 9.64 Å². The number of carbonyl (C=O) groups is 1. The molecule has 6 nitrogen and oxygen atoms in total. The van der Waals surface area contributed by atoms with Crippen LogP contribution in [0.1, 0.15) is 32.1 Å². The number of methoxy groups -OCH3 is 1. The van der Waals surface area contributed by atoms with Crippen molar-refractivity contribution in [3.63, 3.8) is 0 Å². The molecule has 0 saturated carbocycles. The Morgan fingerprint density at radius 2 is 1.82 bits per heavy atom. The highest BCUT2D eigenvalue weighted by Gasteiger charge is 2.30. The third-order valence-electron chi connectivity index (χ3n) is 5.80. The second kappa shape index (κ2) is 8.59. The SMILES string of the molecule is COc1ccc(-c2cc(N3CCCC(C(=O)N4CCCCC4)C3)ncn2)cc1. The van der Waals surface area contributed by atoms with Crippen LogP contribution in [-0.2, 0) is 4.79 Å². The smallest absolute Gasteiger partial charge is 0.227 e. The van der Waals surface area contributed by atoms with Crippen molar-refractivity contribution in [1.82, 2.24) is 14.9 Å². The molecule has 0 radical (unpaired) electrons. The number of amides is 1. The van der Waals surface area contributed by atoms with Crippen LogP contribution in [0.5, 0.6) is 5.75 Å². The zero-order valence-corrected chi connectivity index (χ0v) is 16.5. The molecule has 0 bridgehead atoms. The van der Waals surface area contributed by atoms with Crippen molar-refractivity contribution >= 4 is 11.7 Å². The molecular formula is C22H28N4O2. The molecule has 1 aromatic carbocycles. The van der Waals surface area contributed by atoms with Gasteiger partial charge >= 0.3 is 0 Å². The monoisotopic (exact) mass is 380 g/mol. The van der Waals surface area contributed by atoms with E-state index in [0.29, 0.717) is 5.91 Å². The summed E-state index contributed by atoms with van der Waals surface area (Å²) in [6.07, 6.45) is 7.13. The summed E-state index contributed by atoms with van der Waals surface area (Å²) in [6.45, 7) is 3.52. The standard InChI is InChI=1S/C22H28N4O2/c1-28-19-9-7-17(8-10-19)20-14-21(24-16-23-20)26-13-5-6-18(15-26)22(27)25-11-3-2-4-12-25/h7-10,14,16,18H,2-6,11-13,15H2,1H3. The molecule has 2 aliphatic rings. The van der Waals surface area contributed by atoms with Crippen molar-refractivity contribution in [3.8, 4) is 17.0 Å². The lowest BCUT2D eigenvalue weighted by Crippen LogP contribution is -2.46. The number of anilines is 1. The molecule has 1 aromatic heterocycles. The van der Waals surface area contributed by atoms with Crippen LogP contribution >= 0.6 is 0 Å². The lowest BCUT2D eigenvalue weighted by atomic mass is 9.95. The van der Waals surface area contributed by atoms with Crippen molar-refractivity contribution in [2.24, 2.45) is 5.92 Å². The number of hydrogen-bond acceptors (Lipinski definition) is 5. The minimum absolute atomic E-state index is 0.0752. The van der Waals surface area contributed by atoms with E-state index in [-0.39, 0.29) is 5.92 Å². The molecule has 1 unspecified atom stereocenters. The van der Waals surface area contributed by atoms with Gasteiger partial charge in [0.2, 0.25) is 5.91 Å². The molecule has 3 heterocycles. The first kappa shape index (κ1) is 18.7. The largest absolute Gasteiger partial charge is 0.497 e. The van der Waals surface area contributed by atoms with Crippen LogP contribution in [0.3, 0.4) is 0 Å². The summed E-state index contributed by atoms with van der Waals surface area (Å²) >= 11 is 0. The van der Waals surface area contributed by atoms with Crippen LogP contribution in [0.4, 0.5) is 5.82 Å². The van der Waals surface area contributed by atoms with E-state index in [2.05, 4.69) is 19.8 Å². The molecule has 0 spiro atoms. The van der Waals surface area contributed by atoms with Gasteiger partial charge in [0.1, 0.15) is 17.9 Å².